The normalized spacial score (nSPS) is 13.6. The molecule has 0 saturated heterocycles. The molecular weight excluding hydrogens is 508 g/mol. The van der Waals surface area contributed by atoms with Crippen molar-refractivity contribution in [2.75, 3.05) is 17.7 Å². The second-order valence-corrected chi connectivity index (χ2v) is 10.2. The zero-order valence-corrected chi connectivity index (χ0v) is 23.4. The molecule has 3 aromatic rings. The largest absolute Gasteiger partial charge is 0.497 e. The highest BCUT2D eigenvalue weighted by atomic mass is 16.7. The summed E-state index contributed by atoms with van der Waals surface area (Å²) in [7, 11) is 1.59. The number of benzene rings is 2. The second kappa shape index (κ2) is 13.1. The zero-order valence-electron chi connectivity index (χ0n) is 23.4. The van der Waals surface area contributed by atoms with Crippen molar-refractivity contribution in [2.45, 2.75) is 59.3 Å². The number of hydroxylamine groups is 1. The van der Waals surface area contributed by atoms with E-state index in [1.165, 1.54) is 6.20 Å². The van der Waals surface area contributed by atoms with Crippen LogP contribution in [0.4, 0.5) is 16.2 Å². The van der Waals surface area contributed by atoms with Gasteiger partial charge in [0.2, 0.25) is 0 Å². The van der Waals surface area contributed by atoms with E-state index in [4.69, 9.17) is 9.57 Å². The number of carbonyl (C=O) groups is 3. The first-order valence-corrected chi connectivity index (χ1v) is 13.6. The molecule has 40 heavy (non-hydrogen) atoms. The average molecular weight is 545 g/mol. The number of methoxy groups -OCH3 is 1. The number of aryl methyl sites for hydroxylation is 3. The first-order valence-electron chi connectivity index (χ1n) is 13.6. The average Bonchev–Trinajstić information content (AvgIpc) is 3.23. The highest BCUT2D eigenvalue weighted by molar-refractivity contribution is 6.06. The zero-order chi connectivity index (χ0) is 28.6. The summed E-state index contributed by atoms with van der Waals surface area (Å²) < 4.78 is 5.24. The summed E-state index contributed by atoms with van der Waals surface area (Å²) in [5, 5.41) is 5.64. The highest BCUT2D eigenvalue weighted by Gasteiger charge is 2.24. The molecule has 0 aliphatic heterocycles. The third-order valence-corrected chi connectivity index (χ3v) is 7.12. The van der Waals surface area contributed by atoms with Crippen LogP contribution in [0.5, 0.6) is 5.75 Å². The summed E-state index contributed by atoms with van der Waals surface area (Å²) in [6, 6.07) is 12.4. The van der Waals surface area contributed by atoms with E-state index >= 15 is 0 Å². The van der Waals surface area contributed by atoms with Crippen LogP contribution in [0, 0.1) is 26.7 Å². The van der Waals surface area contributed by atoms with Crippen molar-refractivity contribution in [3.8, 4) is 16.9 Å². The Bertz CT molecular complexity index is 1360. The fourth-order valence-corrected chi connectivity index (χ4v) is 5.07. The van der Waals surface area contributed by atoms with E-state index in [9.17, 15) is 14.4 Å². The fourth-order valence-electron chi connectivity index (χ4n) is 5.07. The minimum atomic E-state index is -0.735. The molecule has 3 amide bonds. The van der Waals surface area contributed by atoms with E-state index in [0.717, 1.165) is 60.8 Å². The predicted octanol–water partition coefficient (Wildman–Crippen LogP) is 6.48. The summed E-state index contributed by atoms with van der Waals surface area (Å²) in [6.07, 6.45) is 7.14. The minimum Gasteiger partial charge on any atom is -0.497 e. The standard InChI is InChI=1S/C31H36N4O5/c1-19-15-20(2)27(21(3)16-19)34-31(38)33-26-17-24(22-11-13-25(39-4)14-12-22)18-32-28(26)29(36)35-40-30(37)23-9-7-5-6-8-10-23/h11-18,23H,5-10H2,1-4H3,(H,35,36)(H2,33,34,38). The minimum absolute atomic E-state index is 0.0848. The Labute approximate surface area is 234 Å². The number of anilines is 2. The Morgan fingerprint density at radius 3 is 2.12 bits per heavy atom. The van der Waals surface area contributed by atoms with E-state index in [0.29, 0.717) is 17.0 Å². The monoisotopic (exact) mass is 544 g/mol. The van der Waals surface area contributed by atoms with Gasteiger partial charge in [-0.25, -0.2) is 14.6 Å². The molecule has 1 aromatic heterocycles. The Kier molecular flexibility index (Phi) is 9.37. The molecule has 1 saturated carbocycles. The van der Waals surface area contributed by atoms with E-state index in [1.54, 1.807) is 13.2 Å². The maximum Gasteiger partial charge on any atom is 0.335 e. The van der Waals surface area contributed by atoms with Gasteiger partial charge >= 0.3 is 17.9 Å². The highest BCUT2D eigenvalue weighted by Crippen LogP contribution is 2.28. The molecule has 2 aromatic carbocycles. The Morgan fingerprint density at radius 2 is 1.50 bits per heavy atom. The number of pyridine rings is 1. The van der Waals surface area contributed by atoms with Crippen molar-refractivity contribution in [1.29, 1.82) is 0 Å². The molecule has 9 heteroatoms. The van der Waals surface area contributed by atoms with Crippen LogP contribution in [0.1, 0.15) is 65.7 Å². The van der Waals surface area contributed by atoms with Gasteiger partial charge in [-0.15, -0.1) is 0 Å². The van der Waals surface area contributed by atoms with Gasteiger partial charge in [-0.2, -0.15) is 5.48 Å². The van der Waals surface area contributed by atoms with Gasteiger partial charge in [0.1, 0.15) is 5.75 Å². The Morgan fingerprint density at radius 1 is 0.850 bits per heavy atom. The third kappa shape index (κ3) is 7.16. The maximum absolute atomic E-state index is 13.1. The number of hydrogen-bond donors (Lipinski definition) is 3. The summed E-state index contributed by atoms with van der Waals surface area (Å²) in [5.41, 5.74) is 7.42. The van der Waals surface area contributed by atoms with Gasteiger partial charge in [-0.3, -0.25) is 4.79 Å². The second-order valence-electron chi connectivity index (χ2n) is 10.2. The van der Waals surface area contributed by atoms with Gasteiger partial charge in [0.05, 0.1) is 18.7 Å². The van der Waals surface area contributed by atoms with Crippen molar-refractivity contribution in [1.82, 2.24) is 10.5 Å². The van der Waals surface area contributed by atoms with Crippen LogP contribution in [0.3, 0.4) is 0 Å². The summed E-state index contributed by atoms with van der Waals surface area (Å²) in [5.74, 6) is -0.730. The molecule has 1 aliphatic rings. The lowest BCUT2D eigenvalue weighted by Gasteiger charge is -2.16. The summed E-state index contributed by atoms with van der Waals surface area (Å²) in [6.45, 7) is 5.83. The molecule has 3 N–H and O–H groups in total. The molecular formula is C31H36N4O5. The number of nitrogens with one attached hydrogen (secondary N) is 3. The first-order chi connectivity index (χ1) is 19.2. The molecule has 210 valence electrons. The molecule has 0 radical (unpaired) electrons. The van der Waals surface area contributed by atoms with E-state index in [1.807, 2.05) is 57.2 Å². The van der Waals surface area contributed by atoms with Crippen LogP contribution in [0.2, 0.25) is 0 Å². The molecule has 9 nitrogen and oxygen atoms in total. The van der Waals surface area contributed by atoms with Crippen molar-refractivity contribution in [3.05, 3.63) is 71.0 Å². The third-order valence-electron chi connectivity index (χ3n) is 7.12. The number of rotatable bonds is 6. The quantitative estimate of drug-likeness (QED) is 0.241. The van der Waals surface area contributed by atoms with Gasteiger partial charge in [-0.05, 0) is 68.5 Å². The van der Waals surface area contributed by atoms with Crippen LogP contribution in [-0.2, 0) is 9.63 Å². The SMILES string of the molecule is COc1ccc(-c2cnc(C(=O)NOC(=O)C3CCCCCC3)c(NC(=O)Nc3c(C)cc(C)cc3C)c2)cc1. The van der Waals surface area contributed by atoms with Crippen molar-refractivity contribution < 1.29 is 24.0 Å². The predicted molar refractivity (Wildman–Crippen MR) is 154 cm³/mol. The molecule has 0 atom stereocenters. The number of ether oxygens (including phenoxy) is 1. The topological polar surface area (TPSA) is 119 Å². The van der Waals surface area contributed by atoms with Crippen LogP contribution >= 0.6 is 0 Å². The summed E-state index contributed by atoms with van der Waals surface area (Å²) in [4.78, 5) is 48.3. The molecule has 1 aliphatic carbocycles. The number of carbonyl (C=O) groups excluding carboxylic acids is 3. The Hall–Kier alpha value is -4.40. The molecule has 4 rings (SSSR count). The summed E-state index contributed by atoms with van der Waals surface area (Å²) >= 11 is 0. The van der Waals surface area contributed by atoms with Crippen molar-refractivity contribution in [2.24, 2.45) is 5.92 Å². The number of amides is 3. The van der Waals surface area contributed by atoms with Gasteiger partial charge < -0.3 is 20.2 Å². The van der Waals surface area contributed by atoms with Gasteiger partial charge in [0, 0.05) is 17.4 Å². The molecule has 1 fully saturated rings. The number of urea groups is 1. The van der Waals surface area contributed by atoms with Crippen LogP contribution in [0.15, 0.2) is 48.7 Å². The van der Waals surface area contributed by atoms with Crippen LogP contribution in [-0.4, -0.2) is 30.0 Å². The smallest absolute Gasteiger partial charge is 0.335 e. The van der Waals surface area contributed by atoms with Crippen LogP contribution in [0.25, 0.3) is 11.1 Å². The van der Waals surface area contributed by atoms with E-state index in [-0.39, 0.29) is 17.3 Å². The lowest BCUT2D eigenvalue weighted by atomic mass is 10.0. The lowest BCUT2D eigenvalue weighted by molar-refractivity contribution is -0.154. The number of aromatic nitrogens is 1. The molecule has 0 bridgehead atoms. The van der Waals surface area contributed by atoms with Crippen molar-refractivity contribution in [3.63, 3.8) is 0 Å². The van der Waals surface area contributed by atoms with Gasteiger partial charge in [-0.1, -0.05) is 55.5 Å². The van der Waals surface area contributed by atoms with Gasteiger partial charge in [0.15, 0.2) is 5.69 Å². The number of hydrogen-bond acceptors (Lipinski definition) is 6. The fraction of sp³-hybridized carbons (Fsp3) is 0.355. The number of nitrogens with zero attached hydrogens (tertiary/aromatic N) is 1. The maximum atomic E-state index is 13.1. The van der Waals surface area contributed by atoms with Crippen LogP contribution < -0.4 is 20.9 Å². The first kappa shape index (κ1) is 28.6. The molecule has 0 unspecified atom stereocenters. The van der Waals surface area contributed by atoms with E-state index in [2.05, 4.69) is 21.1 Å². The van der Waals surface area contributed by atoms with Crippen molar-refractivity contribution >= 4 is 29.3 Å². The lowest BCUT2D eigenvalue weighted by Crippen LogP contribution is -2.32. The molecule has 0 spiro atoms. The Balaban J connectivity index is 1.56. The van der Waals surface area contributed by atoms with Gasteiger partial charge in [0.25, 0.3) is 0 Å². The van der Waals surface area contributed by atoms with E-state index < -0.39 is 17.9 Å². The molecule has 1 heterocycles.